The highest BCUT2D eigenvalue weighted by Crippen LogP contribution is 2.35. The van der Waals surface area contributed by atoms with E-state index in [4.69, 9.17) is 4.74 Å². The standard InChI is InChI=1S/C22H19FN4O2/c1-24-21-18-12-25-20(27-22(28)17-9-19(17)23)10-16(18)14(11-26-21)6-3-13-4-7-15(29-2)8-5-13/h4-5,7-8,10-12,17,19H,9H2,1-2H3,(H,24,26)(H,25,27,28). The molecule has 0 saturated heterocycles. The van der Waals surface area contributed by atoms with Gasteiger partial charge in [-0.3, -0.25) is 4.79 Å². The van der Waals surface area contributed by atoms with Crippen LogP contribution in [0.1, 0.15) is 17.5 Å². The van der Waals surface area contributed by atoms with Crippen LogP contribution in [-0.4, -0.2) is 36.2 Å². The zero-order valence-corrected chi connectivity index (χ0v) is 16.0. The summed E-state index contributed by atoms with van der Waals surface area (Å²) in [5.74, 6) is 7.11. The minimum Gasteiger partial charge on any atom is -0.497 e. The van der Waals surface area contributed by atoms with E-state index in [9.17, 15) is 9.18 Å². The summed E-state index contributed by atoms with van der Waals surface area (Å²) in [6, 6.07) is 9.18. The van der Waals surface area contributed by atoms with Crippen LogP contribution in [0.2, 0.25) is 0 Å². The number of aromatic nitrogens is 2. The predicted octanol–water partition coefficient (Wildman–Crippen LogP) is 3.38. The van der Waals surface area contributed by atoms with Crippen LogP contribution in [0, 0.1) is 17.8 Å². The molecule has 1 saturated carbocycles. The van der Waals surface area contributed by atoms with E-state index in [0.29, 0.717) is 17.2 Å². The maximum absolute atomic E-state index is 13.1. The largest absolute Gasteiger partial charge is 0.497 e. The Kier molecular flexibility index (Phi) is 5.00. The zero-order valence-electron chi connectivity index (χ0n) is 16.0. The van der Waals surface area contributed by atoms with Crippen molar-refractivity contribution < 1.29 is 13.9 Å². The van der Waals surface area contributed by atoms with Gasteiger partial charge in [-0.05, 0) is 36.8 Å². The van der Waals surface area contributed by atoms with Crippen LogP contribution < -0.4 is 15.4 Å². The predicted molar refractivity (Wildman–Crippen MR) is 110 cm³/mol. The van der Waals surface area contributed by atoms with E-state index in [1.165, 1.54) is 0 Å². The fourth-order valence-electron chi connectivity index (χ4n) is 2.97. The highest BCUT2D eigenvalue weighted by molar-refractivity contribution is 5.99. The number of halogens is 1. The monoisotopic (exact) mass is 390 g/mol. The van der Waals surface area contributed by atoms with Gasteiger partial charge in [0.25, 0.3) is 0 Å². The van der Waals surface area contributed by atoms with Crippen molar-refractivity contribution in [3.63, 3.8) is 0 Å². The van der Waals surface area contributed by atoms with Gasteiger partial charge in [-0.2, -0.15) is 0 Å². The maximum atomic E-state index is 13.1. The second kappa shape index (κ2) is 7.76. The summed E-state index contributed by atoms with van der Waals surface area (Å²) in [4.78, 5) is 20.7. The lowest BCUT2D eigenvalue weighted by Gasteiger charge is -2.09. The van der Waals surface area contributed by atoms with Crippen molar-refractivity contribution in [2.24, 2.45) is 5.92 Å². The van der Waals surface area contributed by atoms with Crippen LogP contribution in [0.3, 0.4) is 0 Å². The number of pyridine rings is 2. The fraction of sp³-hybridized carbons (Fsp3) is 0.227. The SMILES string of the molecule is CNc1ncc(C#Cc2ccc(OC)cc2)c2cc(NC(=O)C3CC3F)ncc12. The molecule has 2 N–H and O–H groups in total. The van der Waals surface area contributed by atoms with Crippen molar-refractivity contribution >= 4 is 28.3 Å². The molecule has 1 amide bonds. The summed E-state index contributed by atoms with van der Waals surface area (Å²) in [7, 11) is 3.39. The Morgan fingerprint density at radius 2 is 1.93 bits per heavy atom. The molecule has 7 heteroatoms. The van der Waals surface area contributed by atoms with Gasteiger partial charge in [0.1, 0.15) is 23.6 Å². The summed E-state index contributed by atoms with van der Waals surface area (Å²) in [6.07, 6.45) is 2.52. The zero-order chi connectivity index (χ0) is 20.4. The Hall–Kier alpha value is -3.66. The number of amides is 1. The third kappa shape index (κ3) is 3.97. The molecule has 1 aliphatic rings. The van der Waals surface area contributed by atoms with E-state index in [-0.39, 0.29) is 12.3 Å². The van der Waals surface area contributed by atoms with Crippen LogP contribution >= 0.6 is 0 Å². The molecule has 2 unspecified atom stereocenters. The van der Waals surface area contributed by atoms with Crippen molar-refractivity contribution in [3.8, 4) is 17.6 Å². The second-order valence-corrected chi connectivity index (χ2v) is 6.71. The molecule has 3 aromatic rings. The summed E-state index contributed by atoms with van der Waals surface area (Å²) in [5.41, 5.74) is 1.53. The van der Waals surface area contributed by atoms with Gasteiger partial charge < -0.3 is 15.4 Å². The molecule has 2 atom stereocenters. The molecular weight excluding hydrogens is 371 g/mol. The van der Waals surface area contributed by atoms with Crippen LogP contribution in [-0.2, 0) is 4.79 Å². The number of fused-ring (bicyclic) bond motifs is 1. The molecule has 0 spiro atoms. The van der Waals surface area contributed by atoms with Gasteiger partial charge in [0, 0.05) is 35.8 Å². The first-order valence-corrected chi connectivity index (χ1v) is 9.16. The van der Waals surface area contributed by atoms with E-state index in [0.717, 1.165) is 22.1 Å². The smallest absolute Gasteiger partial charge is 0.231 e. The van der Waals surface area contributed by atoms with E-state index in [1.54, 1.807) is 32.6 Å². The topological polar surface area (TPSA) is 76.1 Å². The molecule has 146 valence electrons. The highest BCUT2D eigenvalue weighted by Gasteiger charge is 2.43. The van der Waals surface area contributed by atoms with Gasteiger partial charge in [-0.1, -0.05) is 11.8 Å². The lowest BCUT2D eigenvalue weighted by Crippen LogP contribution is -2.15. The lowest BCUT2D eigenvalue weighted by atomic mass is 10.1. The summed E-state index contributed by atoms with van der Waals surface area (Å²) < 4.78 is 18.3. The maximum Gasteiger partial charge on any atom is 0.231 e. The molecule has 2 aromatic heterocycles. The number of nitrogens with zero attached hydrogens (tertiary/aromatic N) is 2. The van der Waals surface area contributed by atoms with Crippen LogP contribution in [0.15, 0.2) is 42.7 Å². The number of ether oxygens (including phenoxy) is 1. The fourth-order valence-corrected chi connectivity index (χ4v) is 2.97. The quantitative estimate of drug-likeness (QED) is 0.668. The second-order valence-electron chi connectivity index (χ2n) is 6.71. The Morgan fingerprint density at radius 1 is 1.17 bits per heavy atom. The van der Waals surface area contributed by atoms with Gasteiger partial charge in [-0.15, -0.1) is 0 Å². The van der Waals surface area contributed by atoms with Gasteiger partial charge in [0.2, 0.25) is 5.91 Å². The van der Waals surface area contributed by atoms with Crippen molar-refractivity contribution in [1.82, 2.24) is 9.97 Å². The first kappa shape index (κ1) is 18.7. The third-order valence-corrected chi connectivity index (χ3v) is 4.74. The Bertz CT molecular complexity index is 1140. The van der Waals surface area contributed by atoms with Crippen LogP contribution in [0.25, 0.3) is 10.8 Å². The van der Waals surface area contributed by atoms with Gasteiger partial charge in [-0.25, -0.2) is 14.4 Å². The number of nitrogens with one attached hydrogen (secondary N) is 2. The normalized spacial score (nSPS) is 17.2. The molecule has 1 aromatic carbocycles. The first-order valence-electron chi connectivity index (χ1n) is 9.16. The van der Waals surface area contributed by atoms with E-state index < -0.39 is 12.1 Å². The van der Waals surface area contributed by atoms with Gasteiger partial charge in [0.15, 0.2) is 0 Å². The average molecular weight is 390 g/mol. The number of anilines is 2. The van der Waals surface area contributed by atoms with Crippen molar-refractivity contribution in [2.75, 3.05) is 24.8 Å². The highest BCUT2D eigenvalue weighted by atomic mass is 19.1. The summed E-state index contributed by atoms with van der Waals surface area (Å²) in [5, 5.41) is 7.29. The van der Waals surface area contributed by atoms with E-state index in [1.807, 2.05) is 24.3 Å². The number of hydrogen-bond acceptors (Lipinski definition) is 5. The number of methoxy groups -OCH3 is 1. The first-order chi connectivity index (χ1) is 14.1. The number of carbonyl (C=O) groups is 1. The Morgan fingerprint density at radius 3 is 2.59 bits per heavy atom. The molecule has 4 rings (SSSR count). The Balaban J connectivity index is 1.69. The van der Waals surface area contributed by atoms with Crippen molar-refractivity contribution in [1.29, 1.82) is 0 Å². The number of carbonyl (C=O) groups excluding carboxylic acids is 1. The van der Waals surface area contributed by atoms with Crippen molar-refractivity contribution in [3.05, 3.63) is 53.9 Å². The summed E-state index contributed by atoms with van der Waals surface area (Å²) in [6.45, 7) is 0. The number of rotatable bonds is 4. The van der Waals surface area contributed by atoms with Crippen LogP contribution in [0.5, 0.6) is 5.75 Å². The van der Waals surface area contributed by atoms with E-state index in [2.05, 4.69) is 32.4 Å². The number of alkyl halides is 1. The molecule has 1 aliphatic carbocycles. The molecule has 0 radical (unpaired) electrons. The van der Waals surface area contributed by atoms with Gasteiger partial charge in [0.05, 0.1) is 18.6 Å². The third-order valence-electron chi connectivity index (χ3n) is 4.74. The van der Waals surface area contributed by atoms with E-state index >= 15 is 0 Å². The lowest BCUT2D eigenvalue weighted by molar-refractivity contribution is -0.117. The minimum atomic E-state index is -1.05. The van der Waals surface area contributed by atoms with Crippen LogP contribution in [0.4, 0.5) is 16.0 Å². The molecule has 6 nitrogen and oxygen atoms in total. The molecule has 0 aliphatic heterocycles. The molecule has 1 fully saturated rings. The molecule has 29 heavy (non-hydrogen) atoms. The molecular formula is C22H19FN4O2. The molecule has 2 heterocycles. The number of hydrogen-bond donors (Lipinski definition) is 2. The Labute approximate surface area is 167 Å². The summed E-state index contributed by atoms with van der Waals surface area (Å²) >= 11 is 0. The number of benzene rings is 1. The van der Waals surface area contributed by atoms with Gasteiger partial charge >= 0.3 is 0 Å². The average Bonchev–Trinajstić information content (AvgIpc) is 3.49. The van der Waals surface area contributed by atoms with Crippen molar-refractivity contribution in [2.45, 2.75) is 12.6 Å². The molecule has 0 bridgehead atoms. The minimum absolute atomic E-state index is 0.270.